The molecule has 8 nitrogen and oxygen atoms in total. The van der Waals surface area contributed by atoms with Gasteiger partial charge in [-0.1, -0.05) is 39.0 Å². The van der Waals surface area contributed by atoms with Crippen molar-refractivity contribution < 1.29 is 5.11 Å². The smallest absolute Gasteiger partial charge is 0.159 e. The third-order valence-corrected chi connectivity index (χ3v) is 7.05. The van der Waals surface area contributed by atoms with Gasteiger partial charge in [0.1, 0.15) is 11.9 Å². The van der Waals surface area contributed by atoms with Gasteiger partial charge in [0.25, 0.3) is 0 Å². The topological polar surface area (TPSA) is 115 Å². The van der Waals surface area contributed by atoms with Gasteiger partial charge in [-0.05, 0) is 41.5 Å². The number of imidazole rings is 1. The highest BCUT2D eigenvalue weighted by Crippen LogP contribution is 2.34. The Morgan fingerprint density at radius 2 is 1.92 bits per heavy atom. The predicted molar refractivity (Wildman–Crippen MR) is 149 cm³/mol. The predicted octanol–water partition coefficient (Wildman–Crippen LogP) is 6.46. The number of hydrogen-bond acceptors (Lipinski definition) is 7. The number of para-hydroxylation sites is 1. The molecule has 0 bridgehead atoms. The van der Waals surface area contributed by atoms with Gasteiger partial charge in [-0.2, -0.15) is 5.10 Å². The summed E-state index contributed by atoms with van der Waals surface area (Å²) in [5, 5.41) is 24.1. The Labute approximate surface area is 217 Å². The van der Waals surface area contributed by atoms with E-state index in [1.165, 1.54) is 4.88 Å². The number of anilines is 1. The number of aliphatic hydroxyl groups excluding tert-OH is 1. The van der Waals surface area contributed by atoms with Gasteiger partial charge in [0.05, 0.1) is 28.3 Å². The molecule has 1 atom stereocenters. The van der Waals surface area contributed by atoms with Crippen molar-refractivity contribution in [3.63, 3.8) is 0 Å². The van der Waals surface area contributed by atoms with Crippen LogP contribution in [0.5, 0.6) is 0 Å². The Hall–Kier alpha value is -4.08. The number of fused-ring (bicyclic) bond motifs is 2. The Morgan fingerprint density at radius 1 is 1.05 bits per heavy atom. The number of hydrogen-bond donors (Lipinski definition) is 4. The lowest BCUT2D eigenvalue weighted by Crippen LogP contribution is -2.25. The van der Waals surface area contributed by atoms with Gasteiger partial charge in [-0.25, -0.2) is 9.97 Å². The number of thiophene rings is 1. The maximum atomic E-state index is 10.4. The summed E-state index contributed by atoms with van der Waals surface area (Å²) in [5.41, 5.74) is 6.89. The minimum absolute atomic E-state index is 0.00524. The zero-order chi connectivity index (χ0) is 25.6. The molecular weight excluding hydrogens is 482 g/mol. The van der Waals surface area contributed by atoms with Crippen LogP contribution in [0.3, 0.4) is 0 Å². The van der Waals surface area contributed by atoms with Crippen LogP contribution in [-0.2, 0) is 0 Å². The van der Waals surface area contributed by atoms with Gasteiger partial charge in [-0.15, -0.1) is 11.3 Å². The molecule has 37 heavy (non-hydrogen) atoms. The largest absolute Gasteiger partial charge is 0.374 e. The highest BCUT2D eigenvalue weighted by Gasteiger charge is 2.18. The maximum Gasteiger partial charge on any atom is 0.159 e. The van der Waals surface area contributed by atoms with Crippen molar-refractivity contribution in [2.24, 2.45) is 5.41 Å². The lowest BCUT2D eigenvalue weighted by atomic mass is 9.91. The summed E-state index contributed by atoms with van der Waals surface area (Å²) in [4.78, 5) is 18.5. The van der Waals surface area contributed by atoms with E-state index in [0.29, 0.717) is 23.6 Å². The summed E-state index contributed by atoms with van der Waals surface area (Å²) in [7, 11) is 0. The first-order valence-electron chi connectivity index (χ1n) is 12.1. The monoisotopic (exact) mass is 509 g/mol. The normalized spacial score (nSPS) is 12.9. The molecule has 0 aliphatic heterocycles. The summed E-state index contributed by atoms with van der Waals surface area (Å²) < 4.78 is 0. The maximum absolute atomic E-state index is 10.4. The number of nitrogens with zero attached hydrogens (tertiary/aromatic N) is 4. The minimum atomic E-state index is -0.662. The van der Waals surface area contributed by atoms with Gasteiger partial charge in [0, 0.05) is 34.0 Å². The van der Waals surface area contributed by atoms with Gasteiger partial charge < -0.3 is 15.4 Å². The quantitative estimate of drug-likeness (QED) is 0.192. The van der Waals surface area contributed by atoms with Crippen molar-refractivity contribution in [2.45, 2.75) is 33.4 Å². The van der Waals surface area contributed by atoms with Crippen molar-refractivity contribution in [1.29, 1.82) is 0 Å². The van der Waals surface area contributed by atoms with Crippen molar-refractivity contribution in [3.8, 4) is 33.1 Å². The van der Waals surface area contributed by atoms with Crippen molar-refractivity contribution in [2.75, 3.05) is 5.32 Å². The van der Waals surface area contributed by atoms with Crippen LogP contribution in [0.1, 0.15) is 27.2 Å². The average molecular weight is 510 g/mol. The fourth-order valence-corrected chi connectivity index (χ4v) is 5.27. The fourth-order valence-electron chi connectivity index (χ4n) is 4.52. The number of benzene rings is 1. The third kappa shape index (κ3) is 4.71. The summed E-state index contributed by atoms with van der Waals surface area (Å²) in [5.74, 6) is 0.683. The molecule has 0 radical (unpaired) electrons. The first kappa shape index (κ1) is 23.3. The summed E-state index contributed by atoms with van der Waals surface area (Å²) >= 11 is 1.69. The van der Waals surface area contributed by atoms with Crippen LogP contribution < -0.4 is 5.32 Å². The molecular formula is C28H27N7OS. The molecule has 6 rings (SSSR count). The lowest BCUT2D eigenvalue weighted by molar-refractivity contribution is 0.145. The van der Waals surface area contributed by atoms with Gasteiger partial charge in [0.2, 0.25) is 0 Å². The van der Waals surface area contributed by atoms with Crippen LogP contribution in [-0.4, -0.2) is 41.5 Å². The molecule has 0 amide bonds. The minimum Gasteiger partial charge on any atom is -0.374 e. The second-order valence-electron chi connectivity index (χ2n) is 10.3. The van der Waals surface area contributed by atoms with E-state index in [-0.39, 0.29) is 5.41 Å². The Balaban J connectivity index is 1.36. The molecule has 0 fully saturated rings. The van der Waals surface area contributed by atoms with Crippen LogP contribution >= 0.6 is 11.3 Å². The zero-order valence-corrected chi connectivity index (χ0v) is 21.6. The second kappa shape index (κ2) is 9.10. The molecule has 9 heteroatoms. The molecule has 0 saturated carbocycles. The van der Waals surface area contributed by atoms with Crippen LogP contribution in [0.15, 0.2) is 66.4 Å². The number of nitrogens with one attached hydrogen (secondary N) is 3. The highest BCUT2D eigenvalue weighted by atomic mass is 32.1. The first-order valence-corrected chi connectivity index (χ1v) is 13.0. The number of aromatic amines is 2. The molecule has 0 saturated heterocycles. The fraction of sp³-hybridized carbons (Fsp3) is 0.214. The molecule has 0 aliphatic rings. The molecule has 4 N–H and O–H groups in total. The SMILES string of the molecule is CC(C)(C)CC(O)Nc1cncc(-c2cnc3[nH]nc(-c4nc5c(-c6cccs6)cccc5[nH]4)c3c2)c1. The van der Waals surface area contributed by atoms with E-state index in [9.17, 15) is 5.11 Å². The van der Waals surface area contributed by atoms with Crippen LogP contribution in [0.4, 0.5) is 5.69 Å². The molecule has 5 heterocycles. The van der Waals surface area contributed by atoms with Gasteiger partial charge in [-0.3, -0.25) is 10.1 Å². The molecule has 1 unspecified atom stereocenters. The first-order chi connectivity index (χ1) is 17.8. The van der Waals surface area contributed by atoms with Crippen molar-refractivity contribution in [1.82, 2.24) is 30.1 Å². The molecule has 5 aromatic heterocycles. The number of aliphatic hydroxyl groups is 1. The Morgan fingerprint density at radius 3 is 2.73 bits per heavy atom. The second-order valence-corrected chi connectivity index (χ2v) is 11.3. The van der Waals surface area contributed by atoms with E-state index in [4.69, 9.17) is 4.98 Å². The van der Waals surface area contributed by atoms with E-state index in [1.54, 1.807) is 29.9 Å². The third-order valence-electron chi connectivity index (χ3n) is 6.15. The van der Waals surface area contributed by atoms with Crippen LogP contribution in [0, 0.1) is 5.41 Å². The zero-order valence-electron chi connectivity index (χ0n) is 20.8. The summed E-state index contributed by atoms with van der Waals surface area (Å²) in [6.45, 7) is 6.29. The standard InChI is InChI=1S/C28H27N7OS/c1-28(2,3)12-23(36)31-18-10-16(13-29-15-18)17-11-20-25(34-35-26(20)30-14-17)27-32-21-7-4-6-19(24(21)33-27)22-8-5-9-37-22/h4-11,13-15,23,31,36H,12H2,1-3H3,(H,32,33)(H,30,34,35). The van der Waals surface area contributed by atoms with Crippen LogP contribution in [0.25, 0.3) is 55.2 Å². The van der Waals surface area contributed by atoms with Crippen molar-refractivity contribution in [3.05, 3.63) is 66.4 Å². The summed E-state index contributed by atoms with van der Waals surface area (Å²) in [6.07, 6.45) is 5.26. The van der Waals surface area contributed by atoms with Crippen molar-refractivity contribution >= 4 is 39.1 Å². The van der Waals surface area contributed by atoms with Gasteiger partial charge in [0.15, 0.2) is 11.5 Å². The molecule has 6 aromatic rings. The Kier molecular flexibility index (Phi) is 5.73. The highest BCUT2D eigenvalue weighted by molar-refractivity contribution is 7.13. The molecule has 0 spiro atoms. The van der Waals surface area contributed by atoms with E-state index < -0.39 is 6.23 Å². The molecule has 1 aromatic carbocycles. The molecule has 186 valence electrons. The number of aromatic nitrogens is 6. The Bertz CT molecular complexity index is 1700. The van der Waals surface area contributed by atoms with Crippen LogP contribution in [0.2, 0.25) is 0 Å². The number of H-pyrrole nitrogens is 2. The van der Waals surface area contributed by atoms with E-state index in [2.05, 4.69) is 68.8 Å². The number of pyridine rings is 2. The lowest BCUT2D eigenvalue weighted by Gasteiger charge is -2.23. The van der Waals surface area contributed by atoms with E-state index in [1.807, 2.05) is 30.3 Å². The summed E-state index contributed by atoms with van der Waals surface area (Å²) in [6, 6.07) is 14.3. The van der Waals surface area contributed by atoms with E-state index in [0.717, 1.165) is 38.8 Å². The van der Waals surface area contributed by atoms with E-state index >= 15 is 0 Å². The molecule has 0 aliphatic carbocycles. The van der Waals surface area contributed by atoms with Gasteiger partial charge >= 0.3 is 0 Å². The average Bonchev–Trinajstić information content (AvgIpc) is 3.61. The number of rotatable bonds is 6.